The Morgan fingerprint density at radius 2 is 2.17 bits per heavy atom. The Morgan fingerprint density at radius 3 is 3.00 bits per heavy atom. The minimum Gasteiger partial charge on any atom is -0.341 e. The Labute approximate surface area is 182 Å². The van der Waals surface area contributed by atoms with Crippen LogP contribution in [0, 0.1) is 0 Å². The standard InChI is InChI=1S/C21H22ClN3O2S2/c1-25(10-13-5-4-6-14(22)9-13)18(26)12-28-11-17-23-20(27)19-15-7-2-3-8-16(15)29-21(19)24-17/h4-6,9H,2-3,7-8,10-12H2,1H3,(H,23,24,27). The molecule has 5 nitrogen and oxygen atoms in total. The number of nitrogens with one attached hydrogen (secondary N) is 1. The van der Waals surface area contributed by atoms with Gasteiger partial charge in [0.05, 0.1) is 16.9 Å². The van der Waals surface area contributed by atoms with Crippen molar-refractivity contribution in [2.75, 3.05) is 12.8 Å². The number of aromatic nitrogens is 2. The summed E-state index contributed by atoms with van der Waals surface area (Å²) < 4.78 is 0. The lowest BCUT2D eigenvalue weighted by atomic mass is 9.97. The number of thiophene rings is 1. The fourth-order valence-electron chi connectivity index (χ4n) is 3.62. The van der Waals surface area contributed by atoms with Gasteiger partial charge >= 0.3 is 0 Å². The van der Waals surface area contributed by atoms with Crippen molar-refractivity contribution in [3.05, 3.63) is 61.5 Å². The molecule has 1 N–H and O–H groups in total. The summed E-state index contributed by atoms with van der Waals surface area (Å²) in [4.78, 5) is 36.4. The number of fused-ring (bicyclic) bond motifs is 3. The summed E-state index contributed by atoms with van der Waals surface area (Å²) in [5, 5.41) is 1.44. The van der Waals surface area contributed by atoms with Crippen molar-refractivity contribution >= 4 is 50.8 Å². The van der Waals surface area contributed by atoms with E-state index in [1.54, 1.807) is 23.3 Å². The Kier molecular flexibility index (Phi) is 6.27. The first kappa shape index (κ1) is 20.4. The van der Waals surface area contributed by atoms with Gasteiger partial charge in [-0.05, 0) is 48.9 Å². The maximum absolute atomic E-state index is 12.6. The third kappa shape index (κ3) is 4.68. The Morgan fingerprint density at radius 1 is 1.34 bits per heavy atom. The molecule has 0 aliphatic heterocycles. The van der Waals surface area contributed by atoms with E-state index in [-0.39, 0.29) is 11.5 Å². The van der Waals surface area contributed by atoms with E-state index >= 15 is 0 Å². The van der Waals surface area contributed by atoms with Gasteiger partial charge in [0.25, 0.3) is 5.56 Å². The molecule has 8 heteroatoms. The first-order valence-electron chi connectivity index (χ1n) is 9.61. The predicted molar refractivity (Wildman–Crippen MR) is 121 cm³/mol. The molecule has 0 bridgehead atoms. The largest absolute Gasteiger partial charge is 0.341 e. The van der Waals surface area contributed by atoms with Crippen LogP contribution in [0.1, 0.15) is 34.7 Å². The van der Waals surface area contributed by atoms with Gasteiger partial charge in [-0.3, -0.25) is 9.59 Å². The monoisotopic (exact) mass is 447 g/mol. The Bertz CT molecular complexity index is 1110. The zero-order valence-corrected chi connectivity index (χ0v) is 18.6. The van der Waals surface area contributed by atoms with E-state index in [9.17, 15) is 9.59 Å². The number of carbonyl (C=O) groups excluding carboxylic acids is 1. The van der Waals surface area contributed by atoms with Crippen LogP contribution in [0.15, 0.2) is 29.1 Å². The number of benzene rings is 1. The highest BCUT2D eigenvalue weighted by atomic mass is 35.5. The molecule has 29 heavy (non-hydrogen) atoms. The molecule has 152 valence electrons. The van der Waals surface area contributed by atoms with Crippen LogP contribution in [0.2, 0.25) is 5.02 Å². The van der Waals surface area contributed by atoms with Crippen LogP contribution in [0.25, 0.3) is 10.2 Å². The van der Waals surface area contributed by atoms with Crippen molar-refractivity contribution in [1.29, 1.82) is 0 Å². The summed E-state index contributed by atoms with van der Waals surface area (Å²) in [5.74, 6) is 1.51. The van der Waals surface area contributed by atoms with Gasteiger partial charge in [0.15, 0.2) is 0 Å². The van der Waals surface area contributed by atoms with E-state index in [0.717, 1.165) is 35.0 Å². The maximum atomic E-state index is 12.6. The van der Waals surface area contributed by atoms with Crippen LogP contribution in [-0.2, 0) is 29.9 Å². The predicted octanol–water partition coefficient (Wildman–Crippen LogP) is 4.41. The number of aromatic amines is 1. The average Bonchev–Trinajstić information content (AvgIpc) is 3.06. The fraction of sp³-hybridized carbons (Fsp3) is 0.381. The molecule has 0 unspecified atom stereocenters. The lowest BCUT2D eigenvalue weighted by molar-refractivity contribution is -0.127. The second kappa shape index (κ2) is 8.90. The highest BCUT2D eigenvalue weighted by molar-refractivity contribution is 7.99. The van der Waals surface area contributed by atoms with Crippen LogP contribution >= 0.6 is 34.7 Å². The molecule has 0 saturated carbocycles. The van der Waals surface area contributed by atoms with Gasteiger partial charge in [-0.25, -0.2) is 4.98 Å². The zero-order chi connectivity index (χ0) is 20.4. The highest BCUT2D eigenvalue weighted by Gasteiger charge is 2.20. The molecule has 0 radical (unpaired) electrons. The SMILES string of the molecule is CN(Cc1cccc(Cl)c1)C(=O)CSCc1nc2sc3c(c2c(=O)[nH]1)CCCC3. The molecule has 2 aromatic heterocycles. The third-order valence-corrected chi connectivity index (χ3v) is 7.42. The molecule has 0 spiro atoms. The lowest BCUT2D eigenvalue weighted by Gasteiger charge is -2.17. The van der Waals surface area contributed by atoms with Crippen molar-refractivity contribution in [2.24, 2.45) is 0 Å². The summed E-state index contributed by atoms with van der Waals surface area (Å²) >= 11 is 9.12. The molecule has 4 rings (SSSR count). The summed E-state index contributed by atoms with van der Waals surface area (Å²) in [6, 6.07) is 7.51. The van der Waals surface area contributed by atoms with Crippen LogP contribution in [-0.4, -0.2) is 33.6 Å². The summed E-state index contributed by atoms with van der Waals surface area (Å²) in [5.41, 5.74) is 2.15. The van der Waals surface area contributed by atoms with E-state index in [0.29, 0.717) is 28.9 Å². The van der Waals surface area contributed by atoms with E-state index in [1.165, 1.54) is 28.6 Å². The number of hydrogen-bond donors (Lipinski definition) is 1. The van der Waals surface area contributed by atoms with Gasteiger partial charge in [0.2, 0.25) is 5.91 Å². The van der Waals surface area contributed by atoms with Gasteiger partial charge in [-0.2, -0.15) is 0 Å². The Hall–Kier alpha value is -1.83. The molecule has 3 aromatic rings. The van der Waals surface area contributed by atoms with Crippen molar-refractivity contribution in [1.82, 2.24) is 14.9 Å². The van der Waals surface area contributed by atoms with E-state index in [2.05, 4.69) is 9.97 Å². The van der Waals surface area contributed by atoms with E-state index < -0.39 is 0 Å². The minimum absolute atomic E-state index is 0.0324. The van der Waals surface area contributed by atoms with E-state index in [4.69, 9.17) is 11.6 Å². The fourth-order valence-corrected chi connectivity index (χ4v) is 5.94. The van der Waals surface area contributed by atoms with Crippen molar-refractivity contribution in [2.45, 2.75) is 38.0 Å². The summed E-state index contributed by atoms with van der Waals surface area (Å²) in [6.07, 6.45) is 4.35. The molecule has 0 saturated heterocycles. The number of halogens is 1. The smallest absolute Gasteiger partial charge is 0.259 e. The Balaban J connectivity index is 1.37. The van der Waals surface area contributed by atoms with Gasteiger partial charge in [0.1, 0.15) is 10.7 Å². The third-order valence-electron chi connectivity index (χ3n) is 5.07. The summed E-state index contributed by atoms with van der Waals surface area (Å²) in [6.45, 7) is 0.516. The normalized spacial score (nSPS) is 13.4. The number of thioether (sulfide) groups is 1. The van der Waals surface area contributed by atoms with Crippen molar-refractivity contribution in [3.8, 4) is 0 Å². The minimum atomic E-state index is -0.0469. The maximum Gasteiger partial charge on any atom is 0.259 e. The van der Waals surface area contributed by atoms with Crippen LogP contribution < -0.4 is 5.56 Å². The number of carbonyl (C=O) groups is 1. The van der Waals surface area contributed by atoms with E-state index in [1.807, 2.05) is 24.3 Å². The van der Waals surface area contributed by atoms with Crippen molar-refractivity contribution in [3.63, 3.8) is 0 Å². The zero-order valence-electron chi connectivity index (χ0n) is 16.2. The quantitative estimate of drug-likeness (QED) is 0.607. The average molecular weight is 448 g/mol. The van der Waals surface area contributed by atoms with Gasteiger partial charge in [-0.1, -0.05) is 23.7 Å². The highest BCUT2D eigenvalue weighted by Crippen LogP contribution is 2.33. The number of amides is 1. The second-order valence-electron chi connectivity index (χ2n) is 7.28. The van der Waals surface area contributed by atoms with Gasteiger partial charge in [-0.15, -0.1) is 23.1 Å². The van der Waals surface area contributed by atoms with Crippen LogP contribution in [0.5, 0.6) is 0 Å². The molecule has 1 aliphatic carbocycles. The first-order valence-corrected chi connectivity index (χ1v) is 12.0. The number of rotatable bonds is 6. The molecule has 0 fully saturated rings. The van der Waals surface area contributed by atoms with Crippen LogP contribution in [0.4, 0.5) is 0 Å². The molecule has 1 aliphatic rings. The van der Waals surface area contributed by atoms with Crippen molar-refractivity contribution < 1.29 is 4.79 Å². The molecule has 1 amide bonds. The van der Waals surface area contributed by atoms with Gasteiger partial charge < -0.3 is 9.88 Å². The molecular formula is C21H22ClN3O2S2. The summed E-state index contributed by atoms with van der Waals surface area (Å²) in [7, 11) is 1.78. The van der Waals surface area contributed by atoms with Gasteiger partial charge in [0, 0.05) is 23.5 Å². The number of aryl methyl sites for hydroxylation is 2. The lowest BCUT2D eigenvalue weighted by Crippen LogP contribution is -2.27. The second-order valence-corrected chi connectivity index (χ2v) is 9.78. The molecule has 0 atom stereocenters. The van der Waals surface area contributed by atoms with Crippen LogP contribution in [0.3, 0.4) is 0 Å². The topological polar surface area (TPSA) is 66.1 Å². The molecule has 2 heterocycles. The number of hydrogen-bond acceptors (Lipinski definition) is 5. The first-order chi connectivity index (χ1) is 14.0. The number of nitrogens with zero attached hydrogens (tertiary/aromatic N) is 2. The molecular weight excluding hydrogens is 426 g/mol. The number of H-pyrrole nitrogens is 1. The molecule has 1 aromatic carbocycles.